The van der Waals surface area contributed by atoms with Gasteiger partial charge in [-0.15, -0.1) is 0 Å². The lowest BCUT2D eigenvalue weighted by atomic mass is 9.95. The molecule has 0 spiro atoms. The van der Waals surface area contributed by atoms with Crippen molar-refractivity contribution < 1.29 is 14.3 Å². The standard InChI is InChI=1S/C21H32O3/c1-4-5-8-17-11-13-18(14-12-17)19(22)9-6-7-10-20-23-15-21(2,3)16-24-20/h11-14,20H,4-10,15-16H2,1-3H3. The van der Waals surface area contributed by atoms with Gasteiger partial charge < -0.3 is 9.47 Å². The van der Waals surface area contributed by atoms with Crippen LogP contribution in [-0.4, -0.2) is 25.3 Å². The van der Waals surface area contributed by atoms with Gasteiger partial charge in [-0.1, -0.05) is 51.5 Å². The molecule has 0 unspecified atom stereocenters. The molecule has 3 nitrogen and oxygen atoms in total. The fraction of sp³-hybridized carbons (Fsp3) is 0.667. The normalized spacial score (nSPS) is 17.8. The van der Waals surface area contributed by atoms with E-state index in [9.17, 15) is 4.79 Å². The Morgan fingerprint density at radius 2 is 1.75 bits per heavy atom. The first-order valence-corrected chi connectivity index (χ1v) is 9.35. The van der Waals surface area contributed by atoms with E-state index in [1.54, 1.807) is 0 Å². The average Bonchev–Trinajstić information content (AvgIpc) is 2.58. The Bertz CT molecular complexity index is 494. The topological polar surface area (TPSA) is 35.5 Å². The molecule has 1 aliphatic heterocycles. The first-order valence-electron chi connectivity index (χ1n) is 9.35. The molecule has 24 heavy (non-hydrogen) atoms. The Balaban J connectivity index is 1.64. The van der Waals surface area contributed by atoms with Crippen LogP contribution in [-0.2, 0) is 15.9 Å². The summed E-state index contributed by atoms with van der Waals surface area (Å²) in [6.07, 6.45) is 6.75. The van der Waals surface area contributed by atoms with Gasteiger partial charge in [0.25, 0.3) is 0 Å². The summed E-state index contributed by atoms with van der Waals surface area (Å²) in [6.45, 7) is 7.99. The second kappa shape index (κ2) is 9.33. The van der Waals surface area contributed by atoms with Gasteiger partial charge in [-0.3, -0.25) is 4.79 Å². The number of unbranched alkanes of at least 4 members (excludes halogenated alkanes) is 2. The molecular weight excluding hydrogens is 300 g/mol. The van der Waals surface area contributed by atoms with Crippen LogP contribution in [0.4, 0.5) is 0 Å². The first-order chi connectivity index (χ1) is 11.5. The molecule has 1 aliphatic rings. The van der Waals surface area contributed by atoms with Gasteiger partial charge in [-0.2, -0.15) is 0 Å². The highest BCUT2D eigenvalue weighted by molar-refractivity contribution is 5.96. The zero-order valence-electron chi connectivity index (χ0n) is 15.5. The highest BCUT2D eigenvalue weighted by Gasteiger charge is 2.27. The Kier molecular flexibility index (Phi) is 7.44. The minimum absolute atomic E-state index is 0.0917. The van der Waals surface area contributed by atoms with Crippen molar-refractivity contribution in [1.29, 1.82) is 0 Å². The van der Waals surface area contributed by atoms with E-state index >= 15 is 0 Å². The lowest BCUT2D eigenvalue weighted by Crippen LogP contribution is -2.37. The number of rotatable bonds is 9. The quantitative estimate of drug-likeness (QED) is 0.462. The third-order valence-corrected chi connectivity index (χ3v) is 4.51. The summed E-state index contributed by atoms with van der Waals surface area (Å²) in [5.41, 5.74) is 2.28. The molecule has 1 heterocycles. The number of hydrogen-bond donors (Lipinski definition) is 0. The fourth-order valence-corrected chi connectivity index (χ4v) is 2.87. The van der Waals surface area contributed by atoms with Crippen molar-refractivity contribution in [3.05, 3.63) is 35.4 Å². The minimum Gasteiger partial charge on any atom is -0.352 e. The highest BCUT2D eigenvalue weighted by atomic mass is 16.7. The number of Topliss-reactive ketones (excluding diaryl/α,β-unsaturated/α-hetero) is 1. The minimum atomic E-state index is -0.0917. The molecule has 0 atom stereocenters. The largest absolute Gasteiger partial charge is 0.352 e. The van der Waals surface area contributed by atoms with Gasteiger partial charge in [0.15, 0.2) is 12.1 Å². The highest BCUT2D eigenvalue weighted by Crippen LogP contribution is 2.25. The summed E-state index contributed by atoms with van der Waals surface area (Å²) in [5.74, 6) is 0.239. The van der Waals surface area contributed by atoms with Crippen LogP contribution < -0.4 is 0 Å². The smallest absolute Gasteiger partial charge is 0.162 e. The van der Waals surface area contributed by atoms with Crippen LogP contribution in [0.25, 0.3) is 0 Å². The summed E-state index contributed by atoms with van der Waals surface area (Å²) in [4.78, 5) is 12.2. The van der Waals surface area contributed by atoms with Crippen LogP contribution in [0.3, 0.4) is 0 Å². The maximum absolute atomic E-state index is 12.2. The Hall–Kier alpha value is -1.19. The van der Waals surface area contributed by atoms with Crippen LogP contribution in [0, 0.1) is 5.41 Å². The molecule has 0 amide bonds. The van der Waals surface area contributed by atoms with Crippen molar-refractivity contribution in [1.82, 2.24) is 0 Å². The average molecular weight is 332 g/mol. The Morgan fingerprint density at radius 3 is 2.38 bits per heavy atom. The SMILES string of the molecule is CCCCc1ccc(C(=O)CCCCC2OCC(C)(C)CO2)cc1. The van der Waals surface area contributed by atoms with Crippen LogP contribution >= 0.6 is 0 Å². The predicted molar refractivity (Wildman–Crippen MR) is 97.3 cm³/mol. The molecule has 0 radical (unpaired) electrons. The maximum Gasteiger partial charge on any atom is 0.162 e. The van der Waals surface area contributed by atoms with E-state index < -0.39 is 0 Å². The molecule has 0 saturated carbocycles. The van der Waals surface area contributed by atoms with Gasteiger partial charge in [-0.05, 0) is 37.7 Å². The van der Waals surface area contributed by atoms with E-state index in [-0.39, 0.29) is 17.5 Å². The van der Waals surface area contributed by atoms with Gasteiger partial charge in [-0.25, -0.2) is 0 Å². The number of aryl methyl sites for hydroxylation is 1. The summed E-state index contributed by atoms with van der Waals surface area (Å²) in [5, 5.41) is 0. The molecule has 0 bridgehead atoms. The summed E-state index contributed by atoms with van der Waals surface area (Å²) >= 11 is 0. The third-order valence-electron chi connectivity index (χ3n) is 4.51. The molecule has 0 aromatic heterocycles. The summed E-state index contributed by atoms with van der Waals surface area (Å²) in [6, 6.07) is 8.13. The zero-order chi connectivity index (χ0) is 17.4. The second-order valence-corrected chi connectivity index (χ2v) is 7.69. The van der Waals surface area contributed by atoms with Crippen LogP contribution in [0.2, 0.25) is 0 Å². The lowest BCUT2D eigenvalue weighted by Gasteiger charge is -2.34. The monoisotopic (exact) mass is 332 g/mol. The van der Waals surface area contributed by atoms with E-state index in [0.717, 1.165) is 44.5 Å². The van der Waals surface area contributed by atoms with E-state index in [1.165, 1.54) is 18.4 Å². The predicted octanol–water partition coefficient (Wildman–Crippen LogP) is 5.17. The van der Waals surface area contributed by atoms with E-state index in [0.29, 0.717) is 6.42 Å². The van der Waals surface area contributed by atoms with Gasteiger partial charge in [0.2, 0.25) is 0 Å². The number of ketones is 1. The first kappa shape index (κ1) is 19.1. The van der Waals surface area contributed by atoms with Crippen LogP contribution in [0.1, 0.15) is 75.2 Å². The van der Waals surface area contributed by atoms with Gasteiger partial charge in [0.05, 0.1) is 13.2 Å². The van der Waals surface area contributed by atoms with Crippen LogP contribution in [0.15, 0.2) is 24.3 Å². The number of carbonyl (C=O) groups excluding carboxylic acids is 1. The molecule has 0 aliphatic carbocycles. The number of benzene rings is 1. The second-order valence-electron chi connectivity index (χ2n) is 7.69. The molecular formula is C21H32O3. The molecule has 2 rings (SSSR count). The number of hydrogen-bond acceptors (Lipinski definition) is 3. The van der Waals surface area contributed by atoms with Crippen molar-refractivity contribution in [2.24, 2.45) is 5.41 Å². The molecule has 134 valence electrons. The molecule has 1 aromatic rings. The van der Waals surface area contributed by atoms with Crippen molar-refractivity contribution in [2.75, 3.05) is 13.2 Å². The van der Waals surface area contributed by atoms with Crippen molar-refractivity contribution in [3.63, 3.8) is 0 Å². The molecule has 1 aromatic carbocycles. The van der Waals surface area contributed by atoms with E-state index in [4.69, 9.17) is 9.47 Å². The van der Waals surface area contributed by atoms with Crippen molar-refractivity contribution in [2.45, 2.75) is 72.0 Å². The van der Waals surface area contributed by atoms with Crippen molar-refractivity contribution >= 4 is 5.78 Å². The van der Waals surface area contributed by atoms with Crippen molar-refractivity contribution in [3.8, 4) is 0 Å². The molecule has 1 fully saturated rings. The third kappa shape index (κ3) is 6.37. The van der Waals surface area contributed by atoms with E-state index in [1.807, 2.05) is 12.1 Å². The Labute approximate surface area is 146 Å². The Morgan fingerprint density at radius 1 is 1.08 bits per heavy atom. The summed E-state index contributed by atoms with van der Waals surface area (Å²) in [7, 11) is 0. The molecule has 3 heteroatoms. The molecule has 0 N–H and O–H groups in total. The zero-order valence-corrected chi connectivity index (χ0v) is 15.5. The van der Waals surface area contributed by atoms with Gasteiger partial charge in [0, 0.05) is 17.4 Å². The van der Waals surface area contributed by atoms with Gasteiger partial charge >= 0.3 is 0 Å². The van der Waals surface area contributed by atoms with Crippen LogP contribution in [0.5, 0.6) is 0 Å². The number of ether oxygens (including phenoxy) is 2. The summed E-state index contributed by atoms with van der Waals surface area (Å²) < 4.78 is 11.4. The van der Waals surface area contributed by atoms with Gasteiger partial charge in [0.1, 0.15) is 0 Å². The fourth-order valence-electron chi connectivity index (χ4n) is 2.87. The number of carbonyl (C=O) groups is 1. The van der Waals surface area contributed by atoms with E-state index in [2.05, 4.69) is 32.9 Å². The lowest BCUT2D eigenvalue weighted by molar-refractivity contribution is -0.224. The molecule has 1 saturated heterocycles. The maximum atomic E-state index is 12.2.